The lowest BCUT2D eigenvalue weighted by molar-refractivity contribution is -0.118. The highest BCUT2D eigenvalue weighted by Crippen LogP contribution is 2.19. The zero-order valence-electron chi connectivity index (χ0n) is 18.3. The number of nitrogens with zero attached hydrogens (tertiary/aromatic N) is 1. The average molecular weight is 454 g/mol. The fraction of sp³-hybridized carbons (Fsp3) is 0.148. The maximum Gasteiger partial charge on any atom is 0.227 e. The van der Waals surface area contributed by atoms with E-state index in [-0.39, 0.29) is 43.2 Å². The molecule has 4 rings (SSSR count). The highest BCUT2D eigenvalue weighted by molar-refractivity contribution is 5.80. The quantitative estimate of drug-likeness (QED) is 0.393. The predicted octanol–water partition coefficient (Wildman–Crippen LogP) is 3.79. The van der Waals surface area contributed by atoms with Crippen LogP contribution in [0.2, 0.25) is 0 Å². The molecule has 0 amide bonds. The van der Waals surface area contributed by atoms with Crippen molar-refractivity contribution in [1.29, 1.82) is 0 Å². The molecule has 2 N–H and O–H groups in total. The molecule has 0 unspecified atom stereocenters. The monoisotopic (exact) mass is 454 g/mol. The lowest BCUT2D eigenvalue weighted by Gasteiger charge is -2.08. The first kappa shape index (κ1) is 22.6. The number of hydrogen-bond acceptors (Lipinski definition) is 6. The van der Waals surface area contributed by atoms with Crippen molar-refractivity contribution >= 4 is 5.78 Å². The van der Waals surface area contributed by atoms with Gasteiger partial charge in [-0.15, -0.1) is 0 Å². The zero-order valence-corrected chi connectivity index (χ0v) is 18.3. The highest BCUT2D eigenvalue weighted by atomic mass is 16.5. The lowest BCUT2D eigenvalue weighted by atomic mass is 10.1. The summed E-state index contributed by atoms with van der Waals surface area (Å²) in [5, 5.41) is 10.1. The average Bonchev–Trinajstić information content (AvgIpc) is 3.37. The van der Waals surface area contributed by atoms with E-state index in [1.165, 1.54) is 12.4 Å². The molecule has 0 bridgehead atoms. The summed E-state index contributed by atoms with van der Waals surface area (Å²) in [6, 6.07) is 18.1. The fourth-order valence-electron chi connectivity index (χ4n) is 3.22. The van der Waals surface area contributed by atoms with Crippen LogP contribution in [0.3, 0.4) is 0 Å². The molecule has 34 heavy (non-hydrogen) atoms. The molecular weight excluding hydrogens is 432 g/mol. The van der Waals surface area contributed by atoms with Gasteiger partial charge in [-0.2, -0.15) is 0 Å². The topological polar surface area (TPSA) is 105 Å². The molecule has 170 valence electrons. The van der Waals surface area contributed by atoms with Crippen LogP contribution in [0.4, 0.5) is 0 Å². The molecule has 0 fully saturated rings. The highest BCUT2D eigenvalue weighted by Gasteiger charge is 2.14. The number of ketones is 1. The molecule has 7 heteroatoms. The first-order valence-corrected chi connectivity index (χ1v) is 10.7. The third-order valence-electron chi connectivity index (χ3n) is 4.98. The van der Waals surface area contributed by atoms with E-state index >= 15 is 0 Å². The molecule has 0 aliphatic carbocycles. The summed E-state index contributed by atoms with van der Waals surface area (Å²) in [6.45, 7) is -0.000345. The third-order valence-corrected chi connectivity index (χ3v) is 4.98. The van der Waals surface area contributed by atoms with Crippen LogP contribution in [-0.2, 0) is 24.2 Å². The molecule has 0 aliphatic heterocycles. The largest absolute Gasteiger partial charge is 0.502 e. The van der Waals surface area contributed by atoms with Crippen molar-refractivity contribution in [2.24, 2.45) is 0 Å². The molecule has 0 radical (unpaired) electrons. The fourth-order valence-corrected chi connectivity index (χ4v) is 3.22. The zero-order chi connectivity index (χ0) is 23.8. The summed E-state index contributed by atoms with van der Waals surface area (Å²) in [5.74, 6) is 6.54. The second-order valence-corrected chi connectivity index (χ2v) is 7.57. The first-order valence-electron chi connectivity index (χ1n) is 10.7. The Morgan fingerprint density at radius 3 is 2.50 bits per heavy atom. The number of hydrogen-bond donors (Lipinski definition) is 2. The number of carbonyl (C=O) groups excluding carboxylic acids is 1. The smallest absolute Gasteiger partial charge is 0.227 e. The number of benzene rings is 2. The van der Waals surface area contributed by atoms with Crippen LogP contribution >= 0.6 is 0 Å². The number of aromatic hydroxyl groups is 1. The van der Waals surface area contributed by atoms with Crippen molar-refractivity contribution in [1.82, 2.24) is 9.97 Å². The van der Waals surface area contributed by atoms with Crippen LogP contribution in [-0.4, -0.2) is 20.9 Å². The molecular formula is C27H22N2O5. The number of H-pyrrole nitrogens is 1. The van der Waals surface area contributed by atoms with Gasteiger partial charge < -0.3 is 19.2 Å². The van der Waals surface area contributed by atoms with Crippen molar-refractivity contribution in [3.63, 3.8) is 0 Å². The Balaban J connectivity index is 1.35. The lowest BCUT2D eigenvalue weighted by Crippen LogP contribution is -2.09. The molecule has 7 nitrogen and oxygen atoms in total. The molecule has 0 saturated heterocycles. The van der Waals surface area contributed by atoms with Crippen molar-refractivity contribution in [3.8, 4) is 23.3 Å². The van der Waals surface area contributed by atoms with Crippen molar-refractivity contribution in [2.45, 2.75) is 25.9 Å². The minimum absolute atomic E-state index is 0.000345. The van der Waals surface area contributed by atoms with Crippen LogP contribution in [0, 0.1) is 11.8 Å². The van der Waals surface area contributed by atoms with E-state index in [0.29, 0.717) is 11.4 Å². The van der Waals surface area contributed by atoms with Crippen LogP contribution in [0.5, 0.6) is 11.5 Å². The Morgan fingerprint density at radius 1 is 1.06 bits per heavy atom. The van der Waals surface area contributed by atoms with Gasteiger partial charge in [-0.05, 0) is 36.4 Å². The van der Waals surface area contributed by atoms with Gasteiger partial charge in [0.2, 0.25) is 11.2 Å². The van der Waals surface area contributed by atoms with E-state index in [9.17, 15) is 14.7 Å². The van der Waals surface area contributed by atoms with Crippen molar-refractivity contribution in [2.75, 3.05) is 0 Å². The summed E-state index contributed by atoms with van der Waals surface area (Å²) in [5.41, 5.74) is 1.90. The Labute approximate surface area is 196 Å². The molecule has 0 aliphatic rings. The number of rotatable bonds is 8. The van der Waals surface area contributed by atoms with Gasteiger partial charge in [0.05, 0.1) is 6.33 Å². The Kier molecular flexibility index (Phi) is 7.21. The molecule has 2 heterocycles. The second-order valence-electron chi connectivity index (χ2n) is 7.57. The number of imidazole rings is 1. The van der Waals surface area contributed by atoms with Crippen LogP contribution in [0.15, 0.2) is 82.4 Å². The summed E-state index contributed by atoms with van der Waals surface area (Å²) in [6.07, 6.45) is 3.50. The SMILES string of the molecule is O=C(CCc1oc(COc2ccc(C#Cc3ccccc3)cc2)cc(=O)c1O)Cc1cnc[nH]1. The van der Waals surface area contributed by atoms with E-state index in [2.05, 4.69) is 21.8 Å². The van der Waals surface area contributed by atoms with Gasteiger partial charge in [0.1, 0.15) is 29.7 Å². The molecule has 0 saturated carbocycles. The Morgan fingerprint density at radius 2 is 1.79 bits per heavy atom. The van der Waals surface area contributed by atoms with Gasteiger partial charge in [-0.1, -0.05) is 30.0 Å². The summed E-state index contributed by atoms with van der Waals surface area (Å²) in [7, 11) is 0. The van der Waals surface area contributed by atoms with Gasteiger partial charge in [-0.3, -0.25) is 9.59 Å². The first-order chi connectivity index (χ1) is 16.6. The van der Waals surface area contributed by atoms with E-state index in [0.717, 1.165) is 11.1 Å². The van der Waals surface area contributed by atoms with Crippen LogP contribution < -0.4 is 10.2 Å². The number of aryl methyl sites for hydroxylation is 1. The minimum Gasteiger partial charge on any atom is -0.502 e. The molecule has 4 aromatic rings. The van der Waals surface area contributed by atoms with Crippen LogP contribution in [0.25, 0.3) is 0 Å². The Hall–Kier alpha value is -4.57. The minimum atomic E-state index is -0.576. The van der Waals surface area contributed by atoms with E-state index in [1.54, 1.807) is 18.3 Å². The van der Waals surface area contributed by atoms with Gasteiger partial charge in [0.25, 0.3) is 0 Å². The number of nitrogens with one attached hydrogen (secondary N) is 1. The third kappa shape index (κ3) is 6.24. The van der Waals surface area contributed by atoms with Crippen LogP contribution in [0.1, 0.15) is 34.8 Å². The number of aromatic nitrogens is 2. The van der Waals surface area contributed by atoms with E-state index in [4.69, 9.17) is 9.15 Å². The maximum atomic E-state index is 12.1. The molecule has 0 atom stereocenters. The maximum absolute atomic E-state index is 12.1. The van der Waals surface area contributed by atoms with Gasteiger partial charge in [-0.25, -0.2) is 4.98 Å². The molecule has 2 aromatic carbocycles. The number of ether oxygens (including phenoxy) is 1. The Bertz CT molecular complexity index is 1360. The number of Topliss-reactive ketones (excluding diaryl/α,β-unsaturated/α-hetero) is 1. The normalized spacial score (nSPS) is 10.4. The number of carbonyl (C=O) groups is 1. The van der Waals surface area contributed by atoms with E-state index in [1.807, 2.05) is 42.5 Å². The van der Waals surface area contributed by atoms with Crippen molar-refractivity contribution < 1.29 is 19.1 Å². The van der Waals surface area contributed by atoms with Gasteiger partial charge in [0, 0.05) is 48.3 Å². The van der Waals surface area contributed by atoms with Gasteiger partial charge in [0.15, 0.2) is 0 Å². The van der Waals surface area contributed by atoms with E-state index < -0.39 is 11.2 Å². The summed E-state index contributed by atoms with van der Waals surface area (Å²) in [4.78, 5) is 31.0. The molecule has 0 spiro atoms. The second kappa shape index (κ2) is 10.8. The standard InChI is InChI=1S/C27H22N2O5/c30-22(14-21-16-28-18-29-21)10-13-26-27(32)25(31)15-24(34-26)17-33-23-11-8-20(9-12-23)7-6-19-4-2-1-3-5-19/h1-5,8-9,11-12,15-16,18,32H,10,13-14,17H2,(H,28,29). The summed E-state index contributed by atoms with van der Waals surface area (Å²) < 4.78 is 11.4. The predicted molar refractivity (Wildman–Crippen MR) is 125 cm³/mol. The number of aromatic amines is 1. The van der Waals surface area contributed by atoms with Gasteiger partial charge >= 0.3 is 0 Å². The van der Waals surface area contributed by atoms with Crippen molar-refractivity contribution in [3.05, 3.63) is 112 Å². The summed E-state index contributed by atoms with van der Waals surface area (Å²) >= 11 is 0. The molecule has 2 aromatic heterocycles.